The van der Waals surface area contributed by atoms with E-state index in [1.54, 1.807) is 0 Å². The molecule has 6 heteroatoms. The van der Waals surface area contributed by atoms with Crippen LogP contribution in [0.25, 0.3) is 11.3 Å². The molecule has 3 rings (SSSR count). The average Bonchev–Trinajstić information content (AvgIpc) is 3.07. The van der Waals surface area contributed by atoms with Gasteiger partial charge in [0.25, 0.3) is 0 Å². The van der Waals surface area contributed by atoms with Crippen molar-refractivity contribution in [2.24, 2.45) is 0 Å². The van der Waals surface area contributed by atoms with Gasteiger partial charge in [-0.05, 0) is 24.6 Å². The minimum atomic E-state index is -0.129. The molecule has 2 aromatic rings. The molecule has 0 spiro atoms. The smallest absolute Gasteiger partial charge is 0.319 e. The van der Waals surface area contributed by atoms with Crippen LogP contribution in [0.1, 0.15) is 13.3 Å². The van der Waals surface area contributed by atoms with Crippen molar-refractivity contribution in [2.45, 2.75) is 30.3 Å². The van der Waals surface area contributed by atoms with E-state index in [1.807, 2.05) is 18.3 Å². The monoisotopic (exact) mass is 366 g/mol. The van der Waals surface area contributed by atoms with Crippen molar-refractivity contribution in [2.75, 3.05) is 6.61 Å². The molecule has 0 saturated carbocycles. The third-order valence-corrected chi connectivity index (χ3v) is 5.19. The summed E-state index contributed by atoms with van der Waals surface area (Å²) in [5, 5.41) is 0.745. The van der Waals surface area contributed by atoms with E-state index in [0.717, 1.165) is 33.9 Å². The van der Waals surface area contributed by atoms with Crippen LogP contribution in [0, 0.1) is 0 Å². The van der Waals surface area contributed by atoms with Crippen LogP contribution in [0.5, 0.6) is 0 Å². The summed E-state index contributed by atoms with van der Waals surface area (Å²) in [6, 6.07) is 8.16. The Morgan fingerprint density at radius 2 is 2.19 bits per heavy atom. The second-order valence-corrected chi connectivity index (χ2v) is 6.83. The Hall–Kier alpha value is -1.27. The molecule has 110 valence electrons. The van der Waals surface area contributed by atoms with E-state index in [9.17, 15) is 4.79 Å². The fraction of sp³-hybridized carbons (Fsp3) is 0.333. The maximum atomic E-state index is 11.6. The number of aromatic nitrogens is 2. The summed E-state index contributed by atoms with van der Waals surface area (Å²) >= 11 is 4.94. The number of esters is 1. The number of thioether (sulfide) groups is 1. The highest BCUT2D eigenvalue weighted by Gasteiger charge is 2.29. The van der Waals surface area contributed by atoms with Gasteiger partial charge in [0.1, 0.15) is 5.25 Å². The lowest BCUT2D eigenvalue weighted by molar-refractivity contribution is -0.137. The highest BCUT2D eigenvalue weighted by molar-refractivity contribution is 9.10. The molecule has 1 aromatic carbocycles. The molecule has 2 heterocycles. The Kier molecular flexibility index (Phi) is 4.35. The minimum Gasteiger partial charge on any atom is -0.465 e. The van der Waals surface area contributed by atoms with E-state index in [2.05, 4.69) is 44.5 Å². The second kappa shape index (κ2) is 6.23. The van der Waals surface area contributed by atoms with Crippen LogP contribution in [0.3, 0.4) is 0 Å². The molecule has 1 saturated heterocycles. The van der Waals surface area contributed by atoms with Crippen molar-refractivity contribution < 1.29 is 9.53 Å². The minimum absolute atomic E-state index is 0.129. The SMILES string of the molecule is CCn1c(-c2ccc(Br)cc2)cnc1SC1CCOC1=O. The Bertz CT molecular complexity index is 654. The zero-order valence-corrected chi connectivity index (χ0v) is 14.0. The van der Waals surface area contributed by atoms with Crippen LogP contribution >= 0.6 is 27.7 Å². The van der Waals surface area contributed by atoms with Crippen LogP contribution in [0.2, 0.25) is 0 Å². The number of hydrogen-bond acceptors (Lipinski definition) is 4. The van der Waals surface area contributed by atoms with Gasteiger partial charge in [-0.2, -0.15) is 0 Å². The van der Waals surface area contributed by atoms with Gasteiger partial charge in [-0.1, -0.05) is 39.8 Å². The summed E-state index contributed by atoms with van der Waals surface area (Å²) in [7, 11) is 0. The van der Waals surface area contributed by atoms with Crippen molar-refractivity contribution in [3.05, 3.63) is 34.9 Å². The Morgan fingerprint density at radius 3 is 2.81 bits per heavy atom. The number of carbonyl (C=O) groups is 1. The molecule has 1 aliphatic rings. The quantitative estimate of drug-likeness (QED) is 0.773. The third-order valence-electron chi connectivity index (χ3n) is 3.41. The normalized spacial score (nSPS) is 18.0. The molecule has 0 amide bonds. The van der Waals surface area contributed by atoms with Gasteiger partial charge >= 0.3 is 5.97 Å². The first-order valence-corrected chi connectivity index (χ1v) is 8.51. The third kappa shape index (κ3) is 3.01. The number of benzene rings is 1. The first kappa shape index (κ1) is 14.7. The summed E-state index contributed by atoms with van der Waals surface area (Å²) in [6.45, 7) is 3.42. The zero-order chi connectivity index (χ0) is 14.8. The van der Waals surface area contributed by atoms with Gasteiger partial charge in [-0.15, -0.1) is 0 Å². The first-order chi connectivity index (χ1) is 10.2. The molecule has 0 aliphatic carbocycles. The molecule has 1 aromatic heterocycles. The van der Waals surface area contributed by atoms with Gasteiger partial charge in [0.05, 0.1) is 18.5 Å². The van der Waals surface area contributed by atoms with Crippen LogP contribution < -0.4 is 0 Å². The summed E-state index contributed by atoms with van der Waals surface area (Å²) in [5.74, 6) is -0.129. The number of nitrogens with zero attached hydrogens (tertiary/aromatic N) is 2. The lowest BCUT2D eigenvalue weighted by Crippen LogP contribution is -2.11. The number of carbonyl (C=O) groups excluding carboxylic acids is 1. The topological polar surface area (TPSA) is 44.1 Å². The Balaban J connectivity index is 1.89. The maximum absolute atomic E-state index is 11.6. The molecule has 4 nitrogen and oxygen atoms in total. The van der Waals surface area contributed by atoms with Crippen LogP contribution in [-0.2, 0) is 16.1 Å². The van der Waals surface area contributed by atoms with Crippen molar-refractivity contribution >= 4 is 33.7 Å². The van der Waals surface area contributed by atoms with Crippen molar-refractivity contribution in [1.82, 2.24) is 9.55 Å². The fourth-order valence-corrected chi connectivity index (χ4v) is 3.69. The first-order valence-electron chi connectivity index (χ1n) is 6.84. The standard InChI is InChI=1S/C15H15BrN2O2S/c1-2-18-12(10-3-5-11(16)6-4-10)9-17-15(18)21-13-7-8-20-14(13)19/h3-6,9,13H,2,7-8H2,1H3. The van der Waals surface area contributed by atoms with Gasteiger partial charge in [0, 0.05) is 17.4 Å². The van der Waals surface area contributed by atoms with Crippen LogP contribution in [-0.4, -0.2) is 27.4 Å². The van der Waals surface area contributed by atoms with Gasteiger partial charge in [0.15, 0.2) is 5.16 Å². The Labute approximate surface area is 136 Å². The van der Waals surface area contributed by atoms with Gasteiger partial charge in [-0.25, -0.2) is 4.98 Å². The summed E-state index contributed by atoms with van der Waals surface area (Å²) in [5.41, 5.74) is 2.19. The van der Waals surface area contributed by atoms with E-state index in [4.69, 9.17) is 4.74 Å². The highest BCUT2D eigenvalue weighted by Crippen LogP contribution is 2.32. The van der Waals surface area contributed by atoms with E-state index in [0.29, 0.717) is 6.61 Å². The molecule has 0 radical (unpaired) electrons. The van der Waals surface area contributed by atoms with Crippen LogP contribution in [0.15, 0.2) is 40.1 Å². The van der Waals surface area contributed by atoms with E-state index >= 15 is 0 Å². The zero-order valence-electron chi connectivity index (χ0n) is 11.6. The van der Waals surface area contributed by atoms with E-state index in [1.165, 1.54) is 11.8 Å². The van der Waals surface area contributed by atoms with Crippen LogP contribution in [0.4, 0.5) is 0 Å². The highest BCUT2D eigenvalue weighted by atomic mass is 79.9. The summed E-state index contributed by atoms with van der Waals surface area (Å²) in [4.78, 5) is 16.1. The maximum Gasteiger partial charge on any atom is 0.319 e. The lowest BCUT2D eigenvalue weighted by atomic mass is 10.2. The largest absolute Gasteiger partial charge is 0.465 e. The predicted molar refractivity (Wildman–Crippen MR) is 86.3 cm³/mol. The molecule has 1 atom stereocenters. The lowest BCUT2D eigenvalue weighted by Gasteiger charge is -2.10. The molecule has 21 heavy (non-hydrogen) atoms. The van der Waals surface area contributed by atoms with Gasteiger partial charge in [0.2, 0.25) is 0 Å². The number of rotatable bonds is 4. The van der Waals surface area contributed by atoms with E-state index in [-0.39, 0.29) is 11.2 Å². The molecule has 1 aliphatic heterocycles. The number of ether oxygens (including phenoxy) is 1. The number of halogens is 1. The van der Waals surface area contributed by atoms with Gasteiger partial charge < -0.3 is 9.30 Å². The fourth-order valence-electron chi connectivity index (χ4n) is 2.32. The molecular weight excluding hydrogens is 352 g/mol. The predicted octanol–water partition coefficient (Wildman–Crippen LogP) is 3.74. The molecule has 1 fully saturated rings. The Morgan fingerprint density at radius 1 is 1.43 bits per heavy atom. The van der Waals surface area contributed by atoms with Crippen molar-refractivity contribution in [3.63, 3.8) is 0 Å². The summed E-state index contributed by atoms with van der Waals surface area (Å²) < 4.78 is 8.21. The summed E-state index contributed by atoms with van der Waals surface area (Å²) in [6.07, 6.45) is 2.63. The number of cyclic esters (lactones) is 1. The van der Waals surface area contributed by atoms with Crippen molar-refractivity contribution in [1.29, 1.82) is 0 Å². The van der Waals surface area contributed by atoms with E-state index < -0.39 is 0 Å². The molecule has 0 N–H and O–H groups in total. The second-order valence-electron chi connectivity index (χ2n) is 4.74. The van der Waals surface area contributed by atoms with Crippen molar-refractivity contribution in [3.8, 4) is 11.3 Å². The number of hydrogen-bond donors (Lipinski definition) is 0. The van der Waals surface area contributed by atoms with Gasteiger partial charge in [-0.3, -0.25) is 4.79 Å². The number of imidazole rings is 1. The molecular formula is C15H15BrN2O2S. The average molecular weight is 367 g/mol. The molecule has 0 bridgehead atoms. The molecule has 1 unspecified atom stereocenters.